The normalized spacial score (nSPS) is 16.0. The van der Waals surface area contributed by atoms with Crippen LogP contribution in [0.2, 0.25) is 0 Å². The second kappa shape index (κ2) is 5.98. The molecule has 1 N–H and O–H groups in total. The smallest absolute Gasteiger partial charge is 0.385 e. The van der Waals surface area contributed by atoms with Gasteiger partial charge in [0.05, 0.1) is 0 Å². The Labute approximate surface area is 122 Å². The molecule has 0 radical (unpaired) electrons. The minimum atomic E-state index is -7.82. The third kappa shape index (κ3) is 2.87. The number of carbonyl (C=O) groups is 1. The van der Waals surface area contributed by atoms with Crippen molar-refractivity contribution in [2.45, 2.75) is 29.6 Å². The maximum absolute atomic E-state index is 12.9. The first-order valence-corrected chi connectivity index (χ1v) is 5.07. The van der Waals surface area contributed by atoms with E-state index >= 15 is 0 Å². The summed E-state index contributed by atoms with van der Waals surface area (Å²) in [5, 5.41) is 7.76. The van der Waals surface area contributed by atoms with Gasteiger partial charge in [0.2, 0.25) is 11.7 Å². The number of allylic oxidation sites excluding steroid dienone is 1. The van der Waals surface area contributed by atoms with E-state index in [0.29, 0.717) is 0 Å². The zero-order chi connectivity index (χ0) is 19.9. The van der Waals surface area contributed by atoms with E-state index < -0.39 is 53.9 Å². The quantitative estimate of drug-likeness (QED) is 0.518. The summed E-state index contributed by atoms with van der Waals surface area (Å²) < 4.78 is 164. The Kier molecular flexibility index (Phi) is 5.56. The third-order valence-corrected chi connectivity index (χ3v) is 2.47. The van der Waals surface area contributed by atoms with E-state index in [1.165, 1.54) is 0 Å². The summed E-state index contributed by atoms with van der Waals surface area (Å²) in [5.74, 6) is -48.5. The molecule has 2 nitrogen and oxygen atoms in total. The van der Waals surface area contributed by atoms with Crippen LogP contribution in [0.3, 0.4) is 0 Å². The lowest BCUT2D eigenvalue weighted by Gasteiger charge is -2.38. The zero-order valence-corrected chi connectivity index (χ0v) is 10.5. The Bertz CT molecular complexity index is 536. The van der Waals surface area contributed by atoms with Crippen LogP contribution in [0.15, 0.2) is 11.7 Å². The third-order valence-electron chi connectivity index (χ3n) is 2.47. The number of halogens is 13. The molecular formula is C9H3F13O2. The number of alkyl halides is 11. The zero-order valence-electron chi connectivity index (χ0n) is 10.5. The molecule has 0 spiro atoms. The first-order valence-electron chi connectivity index (χ1n) is 5.07. The van der Waals surface area contributed by atoms with E-state index in [1.54, 1.807) is 0 Å². The van der Waals surface area contributed by atoms with Gasteiger partial charge in [-0.05, 0) is 0 Å². The molecule has 0 saturated heterocycles. The SMILES string of the molecule is O=C(O)C(F)=C(F)C(F)(F)C(F)(F)C(F)(F)C(F)(F)C(F)(F)CF. The van der Waals surface area contributed by atoms with Crippen molar-refractivity contribution in [3.8, 4) is 0 Å². The summed E-state index contributed by atoms with van der Waals surface area (Å²) in [6, 6.07) is 0. The highest BCUT2D eigenvalue weighted by atomic mass is 19.4. The average molecular weight is 390 g/mol. The number of carboxylic acids is 1. The standard InChI is InChI=1S/C9H3F13O2/c10-1-5(13,14)7(17,18)9(21,22)8(19,20)6(15,16)3(12)2(11)4(23)24/h1H2,(H,23,24). The summed E-state index contributed by atoms with van der Waals surface area (Å²) in [7, 11) is 0. The van der Waals surface area contributed by atoms with Crippen molar-refractivity contribution in [3.63, 3.8) is 0 Å². The molecule has 15 heteroatoms. The maximum Gasteiger partial charge on any atom is 0.385 e. The molecule has 0 aromatic rings. The Morgan fingerprint density at radius 2 is 1.12 bits per heavy atom. The lowest BCUT2D eigenvalue weighted by atomic mass is 9.94. The lowest BCUT2D eigenvalue weighted by molar-refractivity contribution is -0.398. The fourth-order valence-electron chi connectivity index (χ4n) is 1.08. The second-order valence-electron chi connectivity index (χ2n) is 4.07. The Hall–Kier alpha value is -1.70. The van der Waals surface area contributed by atoms with Crippen molar-refractivity contribution in [1.29, 1.82) is 0 Å². The predicted octanol–water partition coefficient (Wildman–Crippen LogP) is 4.37. The molecule has 24 heavy (non-hydrogen) atoms. The van der Waals surface area contributed by atoms with Gasteiger partial charge in [0.1, 0.15) is 0 Å². The number of carboxylic acid groups (broad SMARTS) is 1. The molecule has 0 fully saturated rings. The van der Waals surface area contributed by atoms with Crippen LogP contribution in [0.4, 0.5) is 57.1 Å². The van der Waals surface area contributed by atoms with Crippen LogP contribution < -0.4 is 0 Å². The molecule has 0 saturated carbocycles. The predicted molar refractivity (Wildman–Crippen MR) is 47.6 cm³/mol. The summed E-state index contributed by atoms with van der Waals surface area (Å²) in [4.78, 5) is 9.81. The Balaban J connectivity index is 6.41. The number of hydrogen-bond acceptors (Lipinski definition) is 1. The first-order chi connectivity index (χ1) is 10.3. The molecule has 0 unspecified atom stereocenters. The van der Waals surface area contributed by atoms with E-state index in [4.69, 9.17) is 5.11 Å². The molecular weight excluding hydrogens is 387 g/mol. The van der Waals surface area contributed by atoms with Gasteiger partial charge in [0.25, 0.3) is 0 Å². The van der Waals surface area contributed by atoms with E-state index in [2.05, 4.69) is 0 Å². The minimum absolute atomic E-state index is 3.31. The van der Waals surface area contributed by atoms with Crippen molar-refractivity contribution in [2.24, 2.45) is 0 Å². The van der Waals surface area contributed by atoms with Gasteiger partial charge in [0.15, 0.2) is 6.67 Å². The van der Waals surface area contributed by atoms with Gasteiger partial charge in [-0.2, -0.15) is 48.3 Å². The van der Waals surface area contributed by atoms with E-state index in [9.17, 15) is 61.9 Å². The van der Waals surface area contributed by atoms with Crippen molar-refractivity contribution >= 4 is 5.97 Å². The molecule has 0 rings (SSSR count). The lowest BCUT2D eigenvalue weighted by Crippen LogP contribution is -2.67. The van der Waals surface area contributed by atoms with Crippen LogP contribution in [-0.4, -0.2) is 47.4 Å². The van der Waals surface area contributed by atoms with Crippen molar-refractivity contribution < 1.29 is 67.0 Å². The van der Waals surface area contributed by atoms with E-state index in [1.807, 2.05) is 0 Å². The number of aliphatic carboxylic acids is 1. The Morgan fingerprint density at radius 3 is 1.42 bits per heavy atom. The monoisotopic (exact) mass is 390 g/mol. The van der Waals surface area contributed by atoms with Crippen LogP contribution in [0, 0.1) is 0 Å². The van der Waals surface area contributed by atoms with Crippen molar-refractivity contribution in [2.75, 3.05) is 6.67 Å². The summed E-state index contributed by atoms with van der Waals surface area (Å²) in [6.07, 6.45) is 0. The van der Waals surface area contributed by atoms with Crippen LogP contribution >= 0.6 is 0 Å². The fourth-order valence-corrected chi connectivity index (χ4v) is 1.08. The van der Waals surface area contributed by atoms with Gasteiger partial charge >= 0.3 is 35.6 Å². The molecule has 0 aromatic heterocycles. The summed E-state index contributed by atoms with van der Waals surface area (Å²) >= 11 is 0. The number of hydrogen-bond donors (Lipinski definition) is 1. The summed E-state index contributed by atoms with van der Waals surface area (Å²) in [6.45, 7) is -3.70. The molecule has 0 atom stereocenters. The fraction of sp³-hybridized carbons (Fsp3) is 0.667. The maximum atomic E-state index is 12.9. The molecule has 0 aliphatic carbocycles. The largest absolute Gasteiger partial charge is 0.476 e. The molecule has 142 valence electrons. The Morgan fingerprint density at radius 1 is 0.750 bits per heavy atom. The molecule has 0 heterocycles. The highest BCUT2D eigenvalue weighted by Gasteiger charge is 2.87. The molecule has 0 bridgehead atoms. The van der Waals surface area contributed by atoms with Gasteiger partial charge in [-0.3, -0.25) is 0 Å². The van der Waals surface area contributed by atoms with Gasteiger partial charge < -0.3 is 5.11 Å². The summed E-state index contributed by atoms with van der Waals surface area (Å²) in [5.41, 5.74) is 0. The van der Waals surface area contributed by atoms with Crippen LogP contribution in [0.5, 0.6) is 0 Å². The van der Waals surface area contributed by atoms with E-state index in [-0.39, 0.29) is 0 Å². The molecule has 0 aromatic carbocycles. The molecule has 0 aliphatic heterocycles. The van der Waals surface area contributed by atoms with Crippen molar-refractivity contribution in [3.05, 3.63) is 11.7 Å². The van der Waals surface area contributed by atoms with Crippen LogP contribution in [0.25, 0.3) is 0 Å². The van der Waals surface area contributed by atoms with Gasteiger partial charge in [-0.25, -0.2) is 13.6 Å². The topological polar surface area (TPSA) is 37.3 Å². The van der Waals surface area contributed by atoms with Gasteiger partial charge in [0, 0.05) is 0 Å². The van der Waals surface area contributed by atoms with Gasteiger partial charge in [-0.15, -0.1) is 0 Å². The highest BCUT2D eigenvalue weighted by molar-refractivity contribution is 5.84. The van der Waals surface area contributed by atoms with Crippen LogP contribution in [0.1, 0.15) is 0 Å². The highest BCUT2D eigenvalue weighted by Crippen LogP contribution is 2.58. The van der Waals surface area contributed by atoms with Crippen LogP contribution in [-0.2, 0) is 4.79 Å². The first kappa shape index (κ1) is 22.3. The number of rotatable bonds is 7. The molecule has 0 aliphatic rings. The van der Waals surface area contributed by atoms with E-state index in [0.717, 1.165) is 0 Å². The average Bonchev–Trinajstić information content (AvgIpc) is 2.44. The van der Waals surface area contributed by atoms with Gasteiger partial charge in [-0.1, -0.05) is 0 Å². The molecule has 0 amide bonds. The second-order valence-corrected chi connectivity index (χ2v) is 4.07. The minimum Gasteiger partial charge on any atom is -0.476 e. The van der Waals surface area contributed by atoms with Crippen molar-refractivity contribution in [1.82, 2.24) is 0 Å².